The molecule has 0 fully saturated rings. The van der Waals surface area contributed by atoms with Crippen LogP contribution >= 0.6 is 11.8 Å². The minimum atomic E-state index is -0.853. The van der Waals surface area contributed by atoms with Gasteiger partial charge in [0.05, 0.1) is 0 Å². The highest BCUT2D eigenvalue weighted by Gasteiger charge is 2.44. The molecule has 0 saturated carbocycles. The largest absolute Gasteiger partial charge is 0.444 e. The van der Waals surface area contributed by atoms with Crippen LogP contribution in [0.3, 0.4) is 0 Å². The maximum atomic E-state index is 14.3. The van der Waals surface area contributed by atoms with Crippen LogP contribution in [-0.4, -0.2) is 58.0 Å². The first-order chi connectivity index (χ1) is 16.6. The van der Waals surface area contributed by atoms with Crippen molar-refractivity contribution in [3.8, 4) is 0 Å². The second kappa shape index (κ2) is 13.4. The SMILES string of the molecule is CCC(C)(C)N(C(=O)C(CCSC)NC(=O)OC(C)(C)C)C(C(=O)NC(C)C)c1c(C)cccc1C. The van der Waals surface area contributed by atoms with Crippen LogP contribution in [0, 0.1) is 13.8 Å². The first kappa shape index (κ1) is 31.8. The maximum Gasteiger partial charge on any atom is 0.408 e. The van der Waals surface area contributed by atoms with Gasteiger partial charge in [-0.05, 0) is 104 Å². The van der Waals surface area contributed by atoms with Crippen molar-refractivity contribution in [3.05, 3.63) is 34.9 Å². The lowest BCUT2D eigenvalue weighted by Crippen LogP contribution is -2.60. The first-order valence-corrected chi connectivity index (χ1v) is 14.1. The molecule has 2 unspecified atom stereocenters. The minimum absolute atomic E-state index is 0.0989. The average Bonchev–Trinajstić information content (AvgIpc) is 2.73. The van der Waals surface area contributed by atoms with E-state index in [1.165, 1.54) is 0 Å². The summed E-state index contributed by atoms with van der Waals surface area (Å²) >= 11 is 1.59. The molecule has 0 aromatic heterocycles. The lowest BCUT2D eigenvalue weighted by Gasteiger charge is -2.45. The van der Waals surface area contributed by atoms with E-state index in [0.717, 1.165) is 16.7 Å². The van der Waals surface area contributed by atoms with Crippen molar-refractivity contribution in [3.63, 3.8) is 0 Å². The average molecular weight is 522 g/mol. The molecular weight excluding hydrogens is 474 g/mol. The van der Waals surface area contributed by atoms with Crippen molar-refractivity contribution in [1.82, 2.24) is 15.5 Å². The number of hydrogen-bond acceptors (Lipinski definition) is 5. The van der Waals surface area contributed by atoms with Gasteiger partial charge in [-0.3, -0.25) is 9.59 Å². The number of ether oxygens (including phenoxy) is 1. The van der Waals surface area contributed by atoms with Gasteiger partial charge in [-0.2, -0.15) is 11.8 Å². The Kier molecular flexibility index (Phi) is 11.8. The van der Waals surface area contributed by atoms with Crippen LogP contribution < -0.4 is 10.6 Å². The molecule has 36 heavy (non-hydrogen) atoms. The second-order valence-corrected chi connectivity index (χ2v) is 12.2. The van der Waals surface area contributed by atoms with E-state index in [2.05, 4.69) is 10.6 Å². The number of carbonyl (C=O) groups excluding carboxylic acids is 3. The van der Waals surface area contributed by atoms with Gasteiger partial charge in [0, 0.05) is 11.6 Å². The fourth-order valence-corrected chi connectivity index (χ4v) is 4.53. The molecule has 2 N–H and O–H groups in total. The topological polar surface area (TPSA) is 87.7 Å². The first-order valence-electron chi connectivity index (χ1n) is 12.7. The fourth-order valence-electron chi connectivity index (χ4n) is 4.06. The summed E-state index contributed by atoms with van der Waals surface area (Å²) in [4.78, 5) is 42.5. The number of hydrogen-bond donors (Lipinski definition) is 2. The van der Waals surface area contributed by atoms with E-state index in [0.29, 0.717) is 18.6 Å². The molecule has 0 bridgehead atoms. The molecule has 1 rings (SSSR count). The quantitative estimate of drug-likeness (QED) is 0.400. The van der Waals surface area contributed by atoms with Gasteiger partial charge in [-0.25, -0.2) is 4.79 Å². The highest BCUT2D eigenvalue weighted by Crippen LogP contribution is 2.35. The van der Waals surface area contributed by atoms with Crippen LogP contribution in [-0.2, 0) is 14.3 Å². The molecule has 0 saturated heterocycles. The molecule has 0 aliphatic rings. The molecule has 0 spiro atoms. The van der Waals surface area contributed by atoms with Gasteiger partial charge < -0.3 is 20.3 Å². The summed E-state index contributed by atoms with van der Waals surface area (Å²) < 4.78 is 5.47. The zero-order valence-electron chi connectivity index (χ0n) is 24.1. The van der Waals surface area contributed by atoms with E-state index in [4.69, 9.17) is 4.74 Å². The third-order valence-corrected chi connectivity index (χ3v) is 6.75. The number of benzene rings is 1. The molecule has 0 radical (unpaired) electrons. The van der Waals surface area contributed by atoms with Crippen LogP contribution in [0.1, 0.15) is 91.0 Å². The van der Waals surface area contributed by atoms with Crippen molar-refractivity contribution >= 4 is 29.7 Å². The predicted octanol–water partition coefficient (Wildman–Crippen LogP) is 5.53. The highest BCUT2D eigenvalue weighted by molar-refractivity contribution is 7.98. The summed E-state index contributed by atoms with van der Waals surface area (Å²) in [5, 5.41) is 5.83. The Morgan fingerprint density at radius 1 is 1.03 bits per heavy atom. The minimum Gasteiger partial charge on any atom is -0.444 e. The molecular formula is C28H47N3O4S. The lowest BCUT2D eigenvalue weighted by atomic mass is 9.88. The molecule has 1 aromatic carbocycles. The van der Waals surface area contributed by atoms with Crippen LogP contribution in [0.5, 0.6) is 0 Å². The normalized spacial score (nSPS) is 13.7. The second-order valence-electron chi connectivity index (χ2n) is 11.2. The summed E-state index contributed by atoms with van der Waals surface area (Å²) in [5.41, 5.74) is 1.32. The molecule has 7 nitrogen and oxygen atoms in total. The number of nitrogens with one attached hydrogen (secondary N) is 2. The van der Waals surface area contributed by atoms with Gasteiger partial charge in [0.2, 0.25) is 11.8 Å². The van der Waals surface area contributed by atoms with Crippen molar-refractivity contribution < 1.29 is 19.1 Å². The maximum absolute atomic E-state index is 14.3. The lowest BCUT2D eigenvalue weighted by molar-refractivity contribution is -0.149. The van der Waals surface area contributed by atoms with Crippen LogP contribution in [0.2, 0.25) is 0 Å². The molecule has 2 atom stereocenters. The van der Waals surface area contributed by atoms with Crippen LogP contribution in [0.25, 0.3) is 0 Å². The standard InChI is InChI=1S/C28H47N3O4S/c1-12-28(9,10)31(25(33)21(16-17-36-11)30-26(34)35-27(6,7)8)23(24(32)29-18(2)3)22-19(4)14-13-15-20(22)5/h13-15,18,21,23H,12,16-17H2,1-11H3,(H,29,32)(H,30,34). The third-order valence-electron chi connectivity index (χ3n) is 6.11. The summed E-state index contributed by atoms with van der Waals surface area (Å²) in [6.45, 7) is 19.0. The van der Waals surface area contributed by atoms with Gasteiger partial charge in [-0.15, -0.1) is 0 Å². The van der Waals surface area contributed by atoms with Gasteiger partial charge in [0.1, 0.15) is 17.7 Å². The Balaban J connectivity index is 3.71. The van der Waals surface area contributed by atoms with Gasteiger partial charge in [0.15, 0.2) is 0 Å². The van der Waals surface area contributed by atoms with Crippen LogP contribution in [0.4, 0.5) is 4.79 Å². The Morgan fingerprint density at radius 2 is 1.58 bits per heavy atom. The van der Waals surface area contributed by atoms with E-state index < -0.39 is 29.3 Å². The summed E-state index contributed by atoms with van der Waals surface area (Å²) in [5.74, 6) is 0.130. The molecule has 3 amide bonds. The molecule has 204 valence electrons. The zero-order valence-corrected chi connectivity index (χ0v) is 24.9. The number of carbonyl (C=O) groups is 3. The zero-order chi connectivity index (χ0) is 27.8. The Bertz CT molecular complexity index is 888. The summed E-state index contributed by atoms with van der Waals surface area (Å²) in [7, 11) is 0. The molecule has 0 aliphatic heterocycles. The van der Waals surface area contributed by atoms with Crippen molar-refractivity contribution in [1.29, 1.82) is 0 Å². The smallest absolute Gasteiger partial charge is 0.408 e. The van der Waals surface area contributed by atoms with Crippen molar-refractivity contribution in [2.75, 3.05) is 12.0 Å². The summed E-state index contributed by atoms with van der Waals surface area (Å²) in [6, 6.07) is 4.09. The highest BCUT2D eigenvalue weighted by atomic mass is 32.2. The van der Waals surface area contributed by atoms with E-state index in [1.54, 1.807) is 37.4 Å². The van der Waals surface area contributed by atoms with Gasteiger partial charge in [-0.1, -0.05) is 25.1 Å². The van der Waals surface area contributed by atoms with E-state index in [9.17, 15) is 14.4 Å². The van der Waals surface area contributed by atoms with Gasteiger partial charge >= 0.3 is 6.09 Å². The number of nitrogens with zero attached hydrogens (tertiary/aromatic N) is 1. The number of alkyl carbamates (subject to hydrolysis) is 1. The predicted molar refractivity (Wildman–Crippen MR) is 149 cm³/mol. The molecule has 0 aliphatic carbocycles. The number of aryl methyl sites for hydroxylation is 2. The monoisotopic (exact) mass is 521 g/mol. The van der Waals surface area contributed by atoms with Crippen molar-refractivity contribution in [2.45, 2.75) is 111 Å². The van der Waals surface area contributed by atoms with Gasteiger partial charge in [0.25, 0.3) is 0 Å². The summed E-state index contributed by atoms with van der Waals surface area (Å²) in [6.07, 6.45) is 2.35. The molecule has 0 heterocycles. The van der Waals surface area contributed by atoms with Crippen molar-refractivity contribution in [2.24, 2.45) is 0 Å². The van der Waals surface area contributed by atoms with E-state index in [-0.39, 0.29) is 17.9 Å². The number of rotatable bonds is 11. The van der Waals surface area contributed by atoms with Crippen LogP contribution in [0.15, 0.2) is 18.2 Å². The van der Waals surface area contributed by atoms with E-state index >= 15 is 0 Å². The molecule has 1 aromatic rings. The Morgan fingerprint density at radius 3 is 2.03 bits per heavy atom. The van der Waals surface area contributed by atoms with E-state index in [1.807, 2.05) is 72.9 Å². The Labute approximate surface area is 222 Å². The Hall–Kier alpha value is -2.22. The molecule has 8 heteroatoms. The third kappa shape index (κ3) is 9.02. The number of thioether (sulfide) groups is 1. The number of amides is 3. The fraction of sp³-hybridized carbons (Fsp3) is 0.679.